The quantitative estimate of drug-likeness (QED) is 0.677. The van der Waals surface area contributed by atoms with Gasteiger partial charge in [-0.15, -0.1) is 0 Å². The van der Waals surface area contributed by atoms with Crippen LogP contribution in [0.25, 0.3) is 6.08 Å². The van der Waals surface area contributed by atoms with Gasteiger partial charge in [0.1, 0.15) is 17.9 Å². The van der Waals surface area contributed by atoms with Crippen LogP contribution in [0.5, 0.6) is 5.75 Å². The second-order valence-electron chi connectivity index (χ2n) is 3.89. The molecule has 0 amide bonds. The Labute approximate surface area is 110 Å². The average molecular weight is 265 g/mol. The maximum atomic E-state index is 10.8. The molecule has 6 heteroatoms. The van der Waals surface area contributed by atoms with Crippen molar-refractivity contribution in [3.8, 4) is 5.75 Å². The smallest absolute Gasteiger partial charge is 0.324 e. The molecule has 0 aromatic heterocycles. The maximum Gasteiger partial charge on any atom is 0.324 e. The molecule has 19 heavy (non-hydrogen) atoms. The van der Waals surface area contributed by atoms with Crippen LogP contribution in [0, 0.1) is 0 Å². The highest BCUT2D eigenvalue weighted by atomic mass is 16.5. The third-order valence-electron chi connectivity index (χ3n) is 2.46. The number of carboxylic acids is 2. The molecule has 1 rings (SSSR count). The Hall–Kier alpha value is -2.34. The van der Waals surface area contributed by atoms with Crippen LogP contribution in [0.15, 0.2) is 30.8 Å². The first-order valence-corrected chi connectivity index (χ1v) is 5.53. The van der Waals surface area contributed by atoms with Gasteiger partial charge in [0.15, 0.2) is 0 Å². The van der Waals surface area contributed by atoms with Crippen molar-refractivity contribution in [1.82, 2.24) is 0 Å². The van der Waals surface area contributed by atoms with Crippen molar-refractivity contribution in [3.05, 3.63) is 36.4 Å². The van der Waals surface area contributed by atoms with Crippen LogP contribution in [-0.2, 0) is 9.59 Å². The monoisotopic (exact) mass is 265 g/mol. The lowest BCUT2D eigenvalue weighted by Crippen LogP contribution is -2.46. The lowest BCUT2D eigenvalue weighted by atomic mass is 10.1. The number of hydrogen-bond acceptors (Lipinski definition) is 4. The first-order chi connectivity index (χ1) is 8.93. The van der Waals surface area contributed by atoms with Gasteiger partial charge in [-0.05, 0) is 17.7 Å². The lowest BCUT2D eigenvalue weighted by Gasteiger charge is -2.20. The SMILES string of the molecule is C=Cc1ccc(OC(CC(=O)O)C(N)C(=O)O)cc1. The van der Waals surface area contributed by atoms with Gasteiger partial charge < -0.3 is 20.7 Å². The molecule has 4 N–H and O–H groups in total. The van der Waals surface area contributed by atoms with Gasteiger partial charge in [0.05, 0.1) is 6.42 Å². The van der Waals surface area contributed by atoms with Gasteiger partial charge in [-0.25, -0.2) is 0 Å². The van der Waals surface area contributed by atoms with Crippen molar-refractivity contribution in [2.24, 2.45) is 5.73 Å². The van der Waals surface area contributed by atoms with Gasteiger partial charge in [0.25, 0.3) is 0 Å². The molecule has 0 spiro atoms. The molecule has 0 heterocycles. The molecule has 6 nitrogen and oxygen atoms in total. The van der Waals surface area contributed by atoms with Crippen molar-refractivity contribution in [1.29, 1.82) is 0 Å². The molecule has 0 bridgehead atoms. The molecule has 0 aliphatic carbocycles. The van der Waals surface area contributed by atoms with E-state index in [0.717, 1.165) is 5.56 Å². The van der Waals surface area contributed by atoms with Crippen LogP contribution >= 0.6 is 0 Å². The summed E-state index contributed by atoms with van der Waals surface area (Å²) in [6, 6.07) is 5.22. The molecule has 1 aromatic rings. The van der Waals surface area contributed by atoms with Crippen LogP contribution in [0.4, 0.5) is 0 Å². The third-order valence-corrected chi connectivity index (χ3v) is 2.46. The number of nitrogens with two attached hydrogens (primary N) is 1. The van der Waals surface area contributed by atoms with Crippen molar-refractivity contribution in [2.75, 3.05) is 0 Å². The summed E-state index contributed by atoms with van der Waals surface area (Å²) < 4.78 is 5.33. The summed E-state index contributed by atoms with van der Waals surface area (Å²) in [5, 5.41) is 17.5. The van der Waals surface area contributed by atoms with E-state index in [1.54, 1.807) is 30.3 Å². The molecular formula is C13H15NO5. The van der Waals surface area contributed by atoms with Crippen LogP contribution in [-0.4, -0.2) is 34.3 Å². The van der Waals surface area contributed by atoms with E-state index in [2.05, 4.69) is 6.58 Å². The Morgan fingerprint density at radius 2 is 1.89 bits per heavy atom. The molecule has 2 atom stereocenters. The van der Waals surface area contributed by atoms with Crippen LogP contribution < -0.4 is 10.5 Å². The van der Waals surface area contributed by atoms with Gasteiger partial charge in [-0.3, -0.25) is 9.59 Å². The Morgan fingerprint density at radius 1 is 1.32 bits per heavy atom. The standard InChI is InChI=1S/C13H15NO5/c1-2-8-3-5-9(6-4-8)19-10(7-11(15)16)12(14)13(17)18/h2-6,10,12H,1,7,14H2,(H,15,16)(H,17,18). The number of hydrogen-bond donors (Lipinski definition) is 3. The fourth-order valence-electron chi connectivity index (χ4n) is 1.43. The molecule has 0 aliphatic heterocycles. The van der Waals surface area contributed by atoms with E-state index in [0.29, 0.717) is 5.75 Å². The van der Waals surface area contributed by atoms with E-state index >= 15 is 0 Å². The third kappa shape index (κ3) is 4.44. The molecule has 2 unspecified atom stereocenters. The van der Waals surface area contributed by atoms with Crippen LogP contribution in [0.3, 0.4) is 0 Å². The first kappa shape index (κ1) is 14.7. The lowest BCUT2D eigenvalue weighted by molar-refractivity contribution is -0.143. The largest absolute Gasteiger partial charge is 0.488 e. The number of rotatable bonds is 7. The van der Waals surface area contributed by atoms with E-state index in [9.17, 15) is 9.59 Å². The predicted molar refractivity (Wildman–Crippen MR) is 68.8 cm³/mol. The summed E-state index contributed by atoms with van der Waals surface area (Å²) in [6.07, 6.45) is 0.0163. The normalized spacial score (nSPS) is 13.3. The number of benzene rings is 1. The highest BCUT2D eigenvalue weighted by Crippen LogP contribution is 2.17. The minimum Gasteiger partial charge on any atom is -0.488 e. The summed E-state index contributed by atoms with van der Waals surface area (Å²) in [7, 11) is 0. The molecule has 0 saturated carbocycles. The molecular weight excluding hydrogens is 250 g/mol. The van der Waals surface area contributed by atoms with Crippen molar-refractivity contribution >= 4 is 18.0 Å². The van der Waals surface area contributed by atoms with Crippen LogP contribution in [0.1, 0.15) is 12.0 Å². The van der Waals surface area contributed by atoms with Gasteiger partial charge in [0.2, 0.25) is 0 Å². The topological polar surface area (TPSA) is 110 Å². The second kappa shape index (κ2) is 6.55. The summed E-state index contributed by atoms with van der Waals surface area (Å²) in [6.45, 7) is 3.60. The van der Waals surface area contributed by atoms with Gasteiger partial charge >= 0.3 is 11.9 Å². The van der Waals surface area contributed by atoms with Gasteiger partial charge in [-0.2, -0.15) is 0 Å². The Bertz CT molecular complexity index is 468. The summed E-state index contributed by atoms with van der Waals surface area (Å²) in [4.78, 5) is 21.5. The highest BCUT2D eigenvalue weighted by Gasteiger charge is 2.28. The molecule has 0 aliphatic rings. The highest BCUT2D eigenvalue weighted by molar-refractivity contribution is 5.76. The van der Waals surface area contributed by atoms with E-state index in [1.807, 2.05) is 0 Å². The van der Waals surface area contributed by atoms with Gasteiger partial charge in [-0.1, -0.05) is 24.8 Å². The number of carbonyl (C=O) groups is 2. The van der Waals surface area contributed by atoms with E-state index < -0.39 is 30.5 Å². The molecule has 102 valence electrons. The zero-order valence-electron chi connectivity index (χ0n) is 10.2. The van der Waals surface area contributed by atoms with Crippen molar-refractivity contribution in [3.63, 3.8) is 0 Å². The Kier molecular flexibility index (Phi) is 5.08. The van der Waals surface area contributed by atoms with Crippen molar-refractivity contribution < 1.29 is 24.5 Å². The Morgan fingerprint density at radius 3 is 2.32 bits per heavy atom. The number of ether oxygens (including phenoxy) is 1. The van der Waals surface area contributed by atoms with Gasteiger partial charge in [0, 0.05) is 0 Å². The molecule has 1 aromatic carbocycles. The minimum absolute atomic E-state index is 0.355. The molecule has 0 fully saturated rings. The number of carboxylic acid groups (broad SMARTS) is 2. The summed E-state index contributed by atoms with van der Waals surface area (Å²) in [5.74, 6) is -2.13. The summed E-state index contributed by atoms with van der Waals surface area (Å²) in [5.41, 5.74) is 6.27. The zero-order chi connectivity index (χ0) is 14.4. The van der Waals surface area contributed by atoms with Crippen LogP contribution in [0.2, 0.25) is 0 Å². The van der Waals surface area contributed by atoms with E-state index in [4.69, 9.17) is 20.7 Å². The first-order valence-electron chi connectivity index (χ1n) is 5.53. The van der Waals surface area contributed by atoms with Crippen molar-refractivity contribution in [2.45, 2.75) is 18.6 Å². The zero-order valence-corrected chi connectivity index (χ0v) is 10.2. The average Bonchev–Trinajstić information content (AvgIpc) is 2.37. The van der Waals surface area contributed by atoms with E-state index in [1.165, 1.54) is 0 Å². The van der Waals surface area contributed by atoms with E-state index in [-0.39, 0.29) is 0 Å². The molecule has 0 radical (unpaired) electrons. The predicted octanol–water partition coefficient (Wildman–Crippen LogP) is 0.964. The minimum atomic E-state index is -1.41. The second-order valence-corrected chi connectivity index (χ2v) is 3.89. The maximum absolute atomic E-state index is 10.8. The fraction of sp³-hybridized carbons (Fsp3) is 0.231. The fourth-order valence-corrected chi connectivity index (χ4v) is 1.43. The molecule has 0 saturated heterocycles. The Balaban J connectivity index is 2.83. The summed E-state index contributed by atoms with van der Waals surface area (Å²) >= 11 is 0. The number of aliphatic carboxylic acids is 2.